The lowest BCUT2D eigenvalue weighted by atomic mass is 10.1. The molecule has 1 fully saturated rings. The van der Waals surface area contributed by atoms with Crippen molar-refractivity contribution in [3.63, 3.8) is 0 Å². The Morgan fingerprint density at radius 3 is 3.00 bits per heavy atom. The molecule has 1 aromatic rings. The molecule has 1 aromatic heterocycles. The summed E-state index contributed by atoms with van der Waals surface area (Å²) in [5.41, 5.74) is 0.449. The van der Waals surface area contributed by atoms with Crippen LogP contribution >= 0.6 is 0 Å². The van der Waals surface area contributed by atoms with Crippen molar-refractivity contribution in [3.05, 3.63) is 27.9 Å². The molecule has 1 aliphatic rings. The van der Waals surface area contributed by atoms with Crippen molar-refractivity contribution in [1.82, 2.24) is 9.88 Å². The van der Waals surface area contributed by atoms with Gasteiger partial charge in [-0.3, -0.25) is 10.1 Å². The van der Waals surface area contributed by atoms with E-state index in [-0.39, 0.29) is 18.1 Å². The molecule has 2 heterocycles. The molecule has 0 radical (unpaired) electrons. The predicted octanol–water partition coefficient (Wildman–Crippen LogP) is 1.72. The van der Waals surface area contributed by atoms with E-state index in [1.54, 1.807) is 6.92 Å². The highest BCUT2D eigenvalue weighted by molar-refractivity contribution is 5.42. The van der Waals surface area contributed by atoms with Crippen LogP contribution in [0.15, 0.2) is 12.3 Å². The number of aromatic nitrogens is 1. The second-order valence-corrected chi connectivity index (χ2v) is 4.82. The van der Waals surface area contributed by atoms with Crippen LogP contribution in [0.3, 0.4) is 0 Å². The summed E-state index contributed by atoms with van der Waals surface area (Å²) in [7, 11) is 1.83. The largest absolute Gasteiger partial charge is 0.466 e. The molecule has 0 saturated carbocycles. The summed E-state index contributed by atoms with van der Waals surface area (Å²) in [5, 5.41) is 10.9. The lowest BCUT2D eigenvalue weighted by Crippen LogP contribution is -2.45. The summed E-state index contributed by atoms with van der Waals surface area (Å²) in [5.74, 6) is -0.104. The third-order valence-corrected chi connectivity index (χ3v) is 3.11. The molecule has 1 aliphatic heterocycles. The zero-order chi connectivity index (χ0) is 14.0. The number of piperidine rings is 1. The summed E-state index contributed by atoms with van der Waals surface area (Å²) in [6, 6.07) is 1.38. The van der Waals surface area contributed by atoms with Gasteiger partial charge in [-0.25, -0.2) is 9.37 Å². The van der Waals surface area contributed by atoms with E-state index in [1.165, 1.54) is 12.3 Å². The highest BCUT2D eigenvalue weighted by atomic mass is 19.1. The van der Waals surface area contributed by atoms with Crippen LogP contribution in [0.1, 0.15) is 12.0 Å². The molecule has 0 bridgehead atoms. The van der Waals surface area contributed by atoms with Crippen molar-refractivity contribution in [2.45, 2.75) is 25.6 Å². The summed E-state index contributed by atoms with van der Waals surface area (Å²) in [4.78, 5) is 16.1. The molecule has 104 valence electrons. The second kappa shape index (κ2) is 5.48. The topological polar surface area (TPSA) is 68.5 Å². The number of nitro groups is 1. The molecule has 1 saturated heterocycles. The van der Waals surface area contributed by atoms with Gasteiger partial charge in [0.2, 0.25) is 0 Å². The normalized spacial score (nSPS) is 24.2. The smallest absolute Gasteiger partial charge is 0.331 e. The Balaban J connectivity index is 2.17. The van der Waals surface area contributed by atoms with Crippen LogP contribution in [0, 0.1) is 17.0 Å². The zero-order valence-electron chi connectivity index (χ0n) is 10.9. The molecule has 7 heteroatoms. The van der Waals surface area contributed by atoms with E-state index in [2.05, 4.69) is 4.98 Å². The maximum atomic E-state index is 13.8. The van der Waals surface area contributed by atoms with Gasteiger partial charge in [-0.1, -0.05) is 0 Å². The van der Waals surface area contributed by atoms with Crippen molar-refractivity contribution in [1.29, 1.82) is 0 Å². The molecule has 0 aromatic carbocycles. The van der Waals surface area contributed by atoms with Gasteiger partial charge in [0.05, 0.1) is 4.92 Å². The van der Waals surface area contributed by atoms with E-state index >= 15 is 0 Å². The van der Waals surface area contributed by atoms with Crippen LogP contribution in [0.5, 0.6) is 5.88 Å². The summed E-state index contributed by atoms with van der Waals surface area (Å²) in [6.45, 7) is 2.67. The fourth-order valence-corrected chi connectivity index (χ4v) is 2.07. The van der Waals surface area contributed by atoms with E-state index in [9.17, 15) is 14.5 Å². The first-order valence-electron chi connectivity index (χ1n) is 6.07. The van der Waals surface area contributed by atoms with Crippen LogP contribution in [-0.2, 0) is 0 Å². The van der Waals surface area contributed by atoms with Crippen LogP contribution in [-0.4, -0.2) is 47.2 Å². The summed E-state index contributed by atoms with van der Waals surface area (Å²) < 4.78 is 19.2. The fraction of sp³-hybridized carbons (Fsp3) is 0.583. The lowest BCUT2D eigenvalue weighted by Gasteiger charge is -2.31. The molecule has 0 spiro atoms. The van der Waals surface area contributed by atoms with Crippen molar-refractivity contribution in [3.8, 4) is 5.88 Å². The molecule has 19 heavy (non-hydrogen) atoms. The van der Waals surface area contributed by atoms with E-state index in [0.717, 1.165) is 0 Å². The van der Waals surface area contributed by atoms with E-state index in [0.29, 0.717) is 18.5 Å². The van der Waals surface area contributed by atoms with Gasteiger partial charge in [0.1, 0.15) is 12.3 Å². The maximum absolute atomic E-state index is 13.8. The van der Waals surface area contributed by atoms with Gasteiger partial charge in [-0.05, 0) is 26.0 Å². The molecule has 0 N–H and O–H groups in total. The number of nitrogens with zero attached hydrogens (tertiary/aromatic N) is 3. The minimum atomic E-state index is -1.17. The Morgan fingerprint density at radius 1 is 1.63 bits per heavy atom. The number of halogens is 1. The van der Waals surface area contributed by atoms with Gasteiger partial charge < -0.3 is 9.64 Å². The van der Waals surface area contributed by atoms with Crippen LogP contribution in [0.2, 0.25) is 0 Å². The first-order chi connectivity index (χ1) is 8.97. The van der Waals surface area contributed by atoms with Gasteiger partial charge in [0.15, 0.2) is 0 Å². The maximum Gasteiger partial charge on any atom is 0.331 e. The third kappa shape index (κ3) is 3.17. The predicted molar refractivity (Wildman–Crippen MR) is 67.1 cm³/mol. The van der Waals surface area contributed by atoms with Crippen molar-refractivity contribution in [2.75, 3.05) is 20.1 Å². The highest BCUT2D eigenvalue weighted by Crippen LogP contribution is 2.28. The third-order valence-electron chi connectivity index (χ3n) is 3.11. The number of likely N-dealkylation sites (tertiary alicyclic amines) is 1. The van der Waals surface area contributed by atoms with Gasteiger partial charge in [0.25, 0.3) is 5.88 Å². The minimum absolute atomic E-state index is 0.104. The minimum Gasteiger partial charge on any atom is -0.466 e. The van der Waals surface area contributed by atoms with Crippen LogP contribution < -0.4 is 4.74 Å². The average Bonchev–Trinajstić information content (AvgIpc) is 2.34. The first-order valence-corrected chi connectivity index (χ1v) is 6.07. The number of alkyl halides is 1. The van der Waals surface area contributed by atoms with Gasteiger partial charge in [-0.15, -0.1) is 0 Å². The average molecular weight is 269 g/mol. The second-order valence-electron chi connectivity index (χ2n) is 4.82. The Morgan fingerprint density at radius 2 is 2.37 bits per heavy atom. The lowest BCUT2D eigenvalue weighted by molar-refractivity contribution is -0.386. The molecule has 2 unspecified atom stereocenters. The quantitative estimate of drug-likeness (QED) is 0.617. The summed E-state index contributed by atoms with van der Waals surface area (Å²) in [6.07, 6.45) is 0.126. The van der Waals surface area contributed by atoms with E-state index in [1.807, 2.05) is 11.9 Å². The Bertz CT molecular complexity index is 483. The standard InChI is InChI=1S/C12H16FN3O3/c1-8-5-10(16(17)18)12(14-6-8)19-11-3-4-15(2)7-9(11)13/h5-6,9,11H,3-4,7H2,1-2H3. The number of pyridine rings is 1. The first kappa shape index (κ1) is 13.7. The molecular weight excluding hydrogens is 253 g/mol. The number of ether oxygens (including phenoxy) is 1. The number of hydrogen-bond acceptors (Lipinski definition) is 5. The van der Waals surface area contributed by atoms with Crippen LogP contribution in [0.25, 0.3) is 0 Å². The van der Waals surface area contributed by atoms with Crippen LogP contribution in [0.4, 0.5) is 10.1 Å². The van der Waals surface area contributed by atoms with E-state index < -0.39 is 17.2 Å². The SMILES string of the molecule is Cc1cnc(OC2CCN(C)CC2F)c([N+](=O)[O-])c1. The molecule has 2 atom stereocenters. The van der Waals surface area contributed by atoms with Crippen molar-refractivity contribution < 1.29 is 14.1 Å². The Hall–Kier alpha value is -1.76. The highest BCUT2D eigenvalue weighted by Gasteiger charge is 2.31. The fourth-order valence-electron chi connectivity index (χ4n) is 2.07. The van der Waals surface area contributed by atoms with Gasteiger partial charge in [-0.2, -0.15) is 0 Å². The van der Waals surface area contributed by atoms with Crippen molar-refractivity contribution in [2.24, 2.45) is 0 Å². The van der Waals surface area contributed by atoms with E-state index in [4.69, 9.17) is 4.74 Å². The van der Waals surface area contributed by atoms with Gasteiger partial charge >= 0.3 is 5.69 Å². The Kier molecular flexibility index (Phi) is 3.94. The summed E-state index contributed by atoms with van der Waals surface area (Å²) >= 11 is 0. The molecule has 2 rings (SSSR count). The molecular formula is C12H16FN3O3. The van der Waals surface area contributed by atoms with Crippen molar-refractivity contribution >= 4 is 5.69 Å². The number of aryl methyl sites for hydroxylation is 1. The van der Waals surface area contributed by atoms with Gasteiger partial charge in [0, 0.05) is 25.4 Å². The number of hydrogen-bond donors (Lipinski definition) is 0. The monoisotopic (exact) mass is 269 g/mol. The Labute approximate surface area is 110 Å². The molecule has 6 nitrogen and oxygen atoms in total. The molecule has 0 amide bonds. The zero-order valence-corrected chi connectivity index (χ0v) is 10.9. The molecule has 0 aliphatic carbocycles. The number of rotatable bonds is 3.